The van der Waals surface area contributed by atoms with Crippen LogP contribution in [0.15, 0.2) is 35.1 Å². The van der Waals surface area contributed by atoms with E-state index in [0.717, 1.165) is 30.4 Å². The summed E-state index contributed by atoms with van der Waals surface area (Å²) >= 11 is 3.40. The van der Waals surface area contributed by atoms with Crippen molar-refractivity contribution in [1.82, 2.24) is 20.0 Å². The van der Waals surface area contributed by atoms with Crippen LogP contribution in [0.25, 0.3) is 0 Å². The highest BCUT2D eigenvalue weighted by atomic mass is 79.9. The second kappa shape index (κ2) is 7.48. The zero-order valence-corrected chi connectivity index (χ0v) is 17.0. The van der Waals surface area contributed by atoms with Crippen LogP contribution in [0.2, 0.25) is 0 Å². The number of benzene rings is 1. The van der Waals surface area contributed by atoms with Crippen LogP contribution in [-0.2, 0) is 11.8 Å². The number of halogens is 1. The van der Waals surface area contributed by atoms with Gasteiger partial charge in [0, 0.05) is 36.8 Å². The third-order valence-corrected chi connectivity index (χ3v) is 5.66. The maximum atomic E-state index is 12.4. The van der Waals surface area contributed by atoms with Gasteiger partial charge in [-0.3, -0.25) is 28.9 Å². The van der Waals surface area contributed by atoms with Crippen molar-refractivity contribution < 1.29 is 14.4 Å². The van der Waals surface area contributed by atoms with Gasteiger partial charge in [-0.15, -0.1) is 0 Å². The maximum absolute atomic E-state index is 12.4. The number of amides is 2. The number of hydrogen-bond acceptors (Lipinski definition) is 5. The van der Waals surface area contributed by atoms with E-state index in [2.05, 4.69) is 31.2 Å². The first-order valence-corrected chi connectivity index (χ1v) is 9.89. The molecule has 1 fully saturated rings. The zero-order chi connectivity index (χ0) is 19.8. The van der Waals surface area contributed by atoms with E-state index in [1.165, 1.54) is 4.90 Å². The van der Waals surface area contributed by atoms with Crippen molar-refractivity contribution in [1.29, 1.82) is 0 Å². The van der Waals surface area contributed by atoms with E-state index in [9.17, 15) is 14.4 Å². The molecule has 1 saturated heterocycles. The fourth-order valence-electron chi connectivity index (χ4n) is 3.63. The first-order valence-electron chi connectivity index (χ1n) is 9.10. The number of carbonyl (C=O) groups is 3. The number of carbonyl (C=O) groups excluding carboxylic acids is 3. The molecule has 8 nitrogen and oxygen atoms in total. The number of ketones is 1. The van der Waals surface area contributed by atoms with Gasteiger partial charge < -0.3 is 5.32 Å². The number of rotatable bonds is 4. The Morgan fingerprint density at radius 3 is 2.71 bits per heavy atom. The van der Waals surface area contributed by atoms with Crippen LogP contribution in [0, 0.1) is 0 Å². The number of hydrogen-bond donors (Lipinski definition) is 1. The quantitative estimate of drug-likeness (QED) is 0.721. The third kappa shape index (κ3) is 3.59. The van der Waals surface area contributed by atoms with E-state index in [0.29, 0.717) is 23.5 Å². The lowest BCUT2D eigenvalue weighted by molar-refractivity contribution is -0.114. The summed E-state index contributed by atoms with van der Waals surface area (Å²) in [5, 5.41) is 7.06. The summed E-state index contributed by atoms with van der Waals surface area (Å²) in [4.78, 5) is 40.5. The molecule has 28 heavy (non-hydrogen) atoms. The Bertz CT molecular complexity index is 949. The van der Waals surface area contributed by atoms with Crippen molar-refractivity contribution in [2.75, 3.05) is 24.7 Å². The third-order valence-electron chi connectivity index (χ3n) is 5.17. The molecule has 0 unspecified atom stereocenters. The van der Waals surface area contributed by atoms with Gasteiger partial charge in [0.1, 0.15) is 0 Å². The number of nitrogens with one attached hydrogen (secondary N) is 1. The number of Topliss-reactive ketones (excluding diaryl/α,β-unsaturated/α-hetero) is 1. The molecule has 0 atom stereocenters. The minimum Gasteiger partial charge on any atom is -0.349 e. The molecule has 2 aliphatic heterocycles. The summed E-state index contributed by atoms with van der Waals surface area (Å²) in [7, 11) is 1.77. The normalized spacial score (nSPS) is 17.9. The highest BCUT2D eigenvalue weighted by molar-refractivity contribution is 9.10. The van der Waals surface area contributed by atoms with Crippen LogP contribution < -0.4 is 10.2 Å². The second-order valence-corrected chi connectivity index (χ2v) is 8.05. The molecule has 0 spiro atoms. The van der Waals surface area contributed by atoms with Gasteiger partial charge in [-0.05, 0) is 31.0 Å². The van der Waals surface area contributed by atoms with E-state index >= 15 is 0 Å². The van der Waals surface area contributed by atoms with Gasteiger partial charge in [0.05, 0.1) is 29.7 Å². The van der Waals surface area contributed by atoms with Gasteiger partial charge in [0.25, 0.3) is 11.7 Å². The van der Waals surface area contributed by atoms with E-state index in [1.54, 1.807) is 42.3 Å². The van der Waals surface area contributed by atoms with Gasteiger partial charge in [-0.1, -0.05) is 15.9 Å². The molecule has 0 radical (unpaired) electrons. The van der Waals surface area contributed by atoms with E-state index in [4.69, 9.17) is 0 Å². The number of aryl methyl sites for hydroxylation is 1. The fraction of sp³-hybridized carbons (Fsp3) is 0.368. The molecule has 1 aromatic heterocycles. The van der Waals surface area contributed by atoms with Crippen LogP contribution >= 0.6 is 15.9 Å². The molecule has 0 saturated carbocycles. The van der Waals surface area contributed by atoms with Crippen molar-refractivity contribution in [3.8, 4) is 0 Å². The SMILES string of the molecule is Cn1cc(C(=O)NC2CCN(CN3C(=O)C(=O)c4ccc(Br)cc43)CC2)cn1. The molecular weight excluding hydrogens is 426 g/mol. The standard InChI is InChI=1S/C19H20BrN5O3/c1-23-10-12(9-21-23)18(27)22-14-4-6-24(7-5-14)11-25-16-8-13(20)2-3-15(16)17(26)19(25)28/h2-3,8-10,14H,4-7,11H2,1H3,(H,22,27). The molecular formula is C19H20BrN5O3. The fourth-order valence-corrected chi connectivity index (χ4v) is 3.98. The van der Waals surface area contributed by atoms with Crippen LogP contribution in [0.3, 0.4) is 0 Å². The summed E-state index contributed by atoms with van der Waals surface area (Å²) in [6, 6.07) is 5.34. The molecule has 4 rings (SSSR count). The van der Waals surface area contributed by atoms with Gasteiger partial charge in [-0.2, -0.15) is 5.10 Å². The van der Waals surface area contributed by atoms with Crippen molar-refractivity contribution in [2.45, 2.75) is 18.9 Å². The zero-order valence-electron chi connectivity index (χ0n) is 15.4. The van der Waals surface area contributed by atoms with Crippen LogP contribution in [0.4, 0.5) is 5.69 Å². The Balaban J connectivity index is 1.35. The van der Waals surface area contributed by atoms with Crippen LogP contribution in [-0.4, -0.2) is 58.1 Å². The first kappa shape index (κ1) is 18.8. The highest BCUT2D eigenvalue weighted by Gasteiger charge is 2.37. The summed E-state index contributed by atoms with van der Waals surface area (Å²) in [5.41, 5.74) is 1.65. The van der Waals surface area contributed by atoms with Gasteiger partial charge in [0.2, 0.25) is 0 Å². The van der Waals surface area contributed by atoms with E-state index in [1.807, 2.05) is 0 Å². The van der Waals surface area contributed by atoms with Crippen LogP contribution in [0.1, 0.15) is 33.6 Å². The van der Waals surface area contributed by atoms with E-state index in [-0.39, 0.29) is 11.9 Å². The number of fused-ring (bicyclic) bond motifs is 1. The molecule has 1 aromatic carbocycles. The lowest BCUT2D eigenvalue weighted by Gasteiger charge is -2.34. The Morgan fingerprint density at radius 1 is 1.29 bits per heavy atom. The molecule has 2 aromatic rings. The van der Waals surface area contributed by atoms with E-state index < -0.39 is 11.7 Å². The second-order valence-electron chi connectivity index (χ2n) is 7.13. The lowest BCUT2D eigenvalue weighted by atomic mass is 10.0. The molecule has 146 valence electrons. The highest BCUT2D eigenvalue weighted by Crippen LogP contribution is 2.32. The van der Waals surface area contributed by atoms with Crippen molar-refractivity contribution in [2.24, 2.45) is 7.05 Å². The molecule has 2 aliphatic rings. The van der Waals surface area contributed by atoms with Crippen molar-refractivity contribution in [3.05, 3.63) is 46.2 Å². The lowest BCUT2D eigenvalue weighted by Crippen LogP contribution is -2.48. The molecule has 0 bridgehead atoms. The Labute approximate surface area is 170 Å². The number of nitrogens with zero attached hydrogens (tertiary/aromatic N) is 4. The topological polar surface area (TPSA) is 87.5 Å². The minimum atomic E-state index is -0.486. The molecule has 1 N–H and O–H groups in total. The average molecular weight is 446 g/mol. The van der Waals surface area contributed by atoms with Crippen molar-refractivity contribution in [3.63, 3.8) is 0 Å². The summed E-state index contributed by atoms with van der Waals surface area (Å²) < 4.78 is 2.43. The van der Waals surface area contributed by atoms with Gasteiger partial charge >= 0.3 is 5.91 Å². The first-order chi connectivity index (χ1) is 13.4. The number of piperidine rings is 1. The molecule has 3 heterocycles. The average Bonchev–Trinajstić information content (AvgIpc) is 3.21. The molecule has 9 heteroatoms. The predicted octanol–water partition coefficient (Wildman–Crippen LogP) is 1.56. The van der Waals surface area contributed by atoms with Crippen LogP contribution in [0.5, 0.6) is 0 Å². The predicted molar refractivity (Wildman–Crippen MR) is 106 cm³/mol. The number of anilines is 1. The van der Waals surface area contributed by atoms with Crippen molar-refractivity contribution >= 4 is 39.2 Å². The maximum Gasteiger partial charge on any atom is 0.300 e. The largest absolute Gasteiger partial charge is 0.349 e. The van der Waals surface area contributed by atoms with Gasteiger partial charge in [0.15, 0.2) is 0 Å². The monoisotopic (exact) mass is 445 g/mol. The number of aromatic nitrogens is 2. The minimum absolute atomic E-state index is 0.0845. The Hall–Kier alpha value is -2.52. The molecule has 0 aliphatic carbocycles. The molecule has 2 amide bonds. The Morgan fingerprint density at radius 2 is 2.04 bits per heavy atom. The van der Waals surface area contributed by atoms with Gasteiger partial charge in [-0.25, -0.2) is 0 Å². The summed E-state index contributed by atoms with van der Waals surface area (Å²) in [6.45, 7) is 1.84. The summed E-state index contributed by atoms with van der Waals surface area (Å²) in [6.07, 6.45) is 4.81. The Kier molecular flexibility index (Phi) is 5.03. The smallest absolute Gasteiger partial charge is 0.300 e. The summed E-state index contributed by atoms with van der Waals surface area (Å²) in [5.74, 6) is -1.06. The number of likely N-dealkylation sites (tertiary alicyclic amines) is 1.